The quantitative estimate of drug-likeness (QED) is 0.850. The average Bonchev–Trinajstić information content (AvgIpc) is 3.39. The van der Waals surface area contributed by atoms with E-state index < -0.39 is 22.8 Å². The molecule has 1 heterocycles. The first-order valence-electron chi connectivity index (χ1n) is 8.59. The van der Waals surface area contributed by atoms with Crippen LogP contribution in [0.15, 0.2) is 30.3 Å². The zero-order valence-corrected chi connectivity index (χ0v) is 14.7. The maximum atomic E-state index is 15.0. The minimum atomic E-state index is -1.44. The van der Waals surface area contributed by atoms with Crippen molar-refractivity contribution in [3.05, 3.63) is 53.2 Å². The van der Waals surface area contributed by atoms with E-state index >= 15 is 4.39 Å². The van der Waals surface area contributed by atoms with Gasteiger partial charge in [-0.3, -0.25) is 0 Å². The number of hydrogen-bond acceptors (Lipinski definition) is 3. The molecule has 1 aromatic heterocycles. The number of halogens is 2. The third kappa shape index (κ3) is 3.31. The Bertz CT molecular complexity index is 780. The van der Waals surface area contributed by atoms with Crippen molar-refractivity contribution >= 4 is 0 Å². The fraction of sp³-hybridized carbons (Fsp3) is 0.450. The van der Waals surface area contributed by atoms with Gasteiger partial charge in [0, 0.05) is 11.1 Å². The summed E-state index contributed by atoms with van der Waals surface area (Å²) in [6.45, 7) is 4.85. The number of rotatable bonds is 5. The predicted molar refractivity (Wildman–Crippen MR) is 91.7 cm³/mol. The van der Waals surface area contributed by atoms with Crippen LogP contribution in [0, 0.1) is 17.6 Å². The lowest BCUT2D eigenvalue weighted by molar-refractivity contribution is 0.00386. The second-order valence-electron chi connectivity index (χ2n) is 7.34. The van der Waals surface area contributed by atoms with Gasteiger partial charge >= 0.3 is 0 Å². The molecule has 0 unspecified atom stereocenters. The number of hydrogen-bond donors (Lipinski definition) is 2. The molecule has 0 bridgehead atoms. The van der Waals surface area contributed by atoms with Gasteiger partial charge in [-0.25, -0.2) is 13.8 Å². The van der Waals surface area contributed by atoms with Crippen LogP contribution in [0.2, 0.25) is 0 Å². The van der Waals surface area contributed by atoms with Gasteiger partial charge in [-0.2, -0.15) is 0 Å². The van der Waals surface area contributed by atoms with Gasteiger partial charge in [0.25, 0.3) is 0 Å². The molecule has 1 aromatic carbocycles. The molecule has 0 amide bonds. The highest BCUT2D eigenvalue weighted by molar-refractivity contribution is 5.62. The monoisotopic (exact) mass is 347 g/mol. The topological polar surface area (TPSA) is 53.4 Å². The van der Waals surface area contributed by atoms with E-state index in [0.29, 0.717) is 17.7 Å². The first-order chi connectivity index (χ1) is 11.7. The van der Waals surface area contributed by atoms with Crippen molar-refractivity contribution in [2.75, 3.05) is 0 Å². The molecule has 3 rings (SSSR count). The van der Waals surface area contributed by atoms with Crippen LogP contribution in [0.1, 0.15) is 51.3 Å². The smallest absolute Gasteiger partial charge is 0.155 e. The van der Waals surface area contributed by atoms with E-state index in [4.69, 9.17) is 0 Å². The Morgan fingerprint density at radius 2 is 1.72 bits per heavy atom. The Labute approximate surface area is 146 Å². The van der Waals surface area contributed by atoms with E-state index in [9.17, 15) is 14.6 Å². The normalized spacial score (nSPS) is 17.4. The van der Waals surface area contributed by atoms with Gasteiger partial charge in [0.1, 0.15) is 17.1 Å². The minimum absolute atomic E-state index is 0.0159. The molecule has 0 spiro atoms. The van der Waals surface area contributed by atoms with Gasteiger partial charge in [-0.1, -0.05) is 6.92 Å². The molecule has 1 saturated carbocycles. The molecular weight excluding hydrogens is 324 g/mol. The highest BCUT2D eigenvalue weighted by Crippen LogP contribution is 2.48. The Balaban J connectivity index is 2.23. The van der Waals surface area contributed by atoms with Crippen molar-refractivity contribution < 1.29 is 19.0 Å². The van der Waals surface area contributed by atoms with Crippen molar-refractivity contribution in [2.45, 2.75) is 51.2 Å². The molecule has 134 valence electrons. The fourth-order valence-electron chi connectivity index (χ4n) is 3.24. The number of pyridine rings is 1. The van der Waals surface area contributed by atoms with Crippen molar-refractivity contribution in [2.24, 2.45) is 5.92 Å². The molecule has 5 heteroatoms. The molecule has 1 atom stereocenters. The summed E-state index contributed by atoms with van der Waals surface area (Å²) in [5.74, 6) is -0.991. The molecule has 3 nitrogen and oxygen atoms in total. The minimum Gasteiger partial charge on any atom is -0.386 e. The third-order valence-electron chi connectivity index (χ3n) is 4.97. The first kappa shape index (κ1) is 18.0. The van der Waals surface area contributed by atoms with Crippen LogP contribution in [-0.2, 0) is 11.2 Å². The molecule has 1 fully saturated rings. The SMILES string of the molecule is CC[C@](O)(c1cc(C(C)(C)O)c(F)c(-c2ccc(F)cc2)n1)C1CC1. The van der Waals surface area contributed by atoms with Gasteiger partial charge in [-0.05, 0) is 69.4 Å². The van der Waals surface area contributed by atoms with Crippen LogP contribution in [0.3, 0.4) is 0 Å². The summed E-state index contributed by atoms with van der Waals surface area (Å²) in [4.78, 5) is 4.39. The lowest BCUT2D eigenvalue weighted by atomic mass is 9.86. The second kappa shape index (κ2) is 6.15. The lowest BCUT2D eigenvalue weighted by Crippen LogP contribution is -2.30. The summed E-state index contributed by atoms with van der Waals surface area (Å²) in [6, 6.07) is 6.82. The van der Waals surface area contributed by atoms with E-state index in [-0.39, 0.29) is 17.2 Å². The Morgan fingerprint density at radius 3 is 2.20 bits per heavy atom. The van der Waals surface area contributed by atoms with E-state index in [1.807, 2.05) is 6.92 Å². The molecule has 2 N–H and O–H groups in total. The van der Waals surface area contributed by atoms with Gasteiger partial charge < -0.3 is 10.2 Å². The third-order valence-corrected chi connectivity index (χ3v) is 4.97. The molecule has 25 heavy (non-hydrogen) atoms. The Hall–Kier alpha value is -1.85. The predicted octanol–water partition coefficient (Wildman–Crippen LogP) is 4.26. The molecule has 1 aliphatic rings. The fourth-order valence-corrected chi connectivity index (χ4v) is 3.24. The van der Waals surface area contributed by atoms with Crippen LogP contribution in [-0.4, -0.2) is 15.2 Å². The van der Waals surface area contributed by atoms with E-state index in [1.54, 1.807) is 0 Å². The maximum Gasteiger partial charge on any atom is 0.155 e. The second-order valence-corrected chi connectivity index (χ2v) is 7.34. The van der Waals surface area contributed by atoms with Crippen LogP contribution in [0.5, 0.6) is 0 Å². The van der Waals surface area contributed by atoms with Crippen molar-refractivity contribution in [1.82, 2.24) is 4.98 Å². The first-order valence-corrected chi connectivity index (χ1v) is 8.59. The zero-order chi connectivity index (χ0) is 18.4. The summed E-state index contributed by atoms with van der Waals surface area (Å²) in [6.07, 6.45) is 2.24. The standard InChI is InChI=1S/C20H23F2NO2/c1-4-20(25,13-7-8-13)16-11-15(19(2,3)24)17(22)18(23-16)12-5-9-14(21)10-6-12/h5-6,9-11,13,24-25H,4,7-8H2,1-3H3/t20-/m1/s1. The van der Waals surface area contributed by atoms with E-state index in [0.717, 1.165) is 12.8 Å². The van der Waals surface area contributed by atoms with Gasteiger partial charge in [-0.15, -0.1) is 0 Å². The van der Waals surface area contributed by atoms with E-state index in [1.165, 1.54) is 44.2 Å². The summed E-state index contributed by atoms with van der Waals surface area (Å²) in [5, 5.41) is 21.5. The lowest BCUT2D eigenvalue weighted by Gasteiger charge is -2.29. The van der Waals surface area contributed by atoms with E-state index in [2.05, 4.69) is 4.98 Å². The number of aliphatic hydroxyl groups is 2. The molecule has 0 aliphatic heterocycles. The van der Waals surface area contributed by atoms with Crippen molar-refractivity contribution in [3.63, 3.8) is 0 Å². The van der Waals surface area contributed by atoms with Crippen LogP contribution in [0.25, 0.3) is 11.3 Å². The number of aromatic nitrogens is 1. The van der Waals surface area contributed by atoms with Crippen LogP contribution < -0.4 is 0 Å². The van der Waals surface area contributed by atoms with Crippen LogP contribution >= 0.6 is 0 Å². The molecule has 0 radical (unpaired) electrons. The average molecular weight is 347 g/mol. The summed E-state index contributed by atoms with van der Waals surface area (Å²) in [7, 11) is 0. The highest BCUT2D eigenvalue weighted by Gasteiger charge is 2.45. The van der Waals surface area contributed by atoms with Gasteiger partial charge in [0.2, 0.25) is 0 Å². The molecule has 2 aromatic rings. The number of nitrogens with zero attached hydrogens (tertiary/aromatic N) is 1. The molecule has 1 aliphatic carbocycles. The van der Waals surface area contributed by atoms with Crippen molar-refractivity contribution in [1.29, 1.82) is 0 Å². The Kier molecular flexibility index (Phi) is 4.41. The van der Waals surface area contributed by atoms with Gasteiger partial charge in [0.15, 0.2) is 5.82 Å². The highest BCUT2D eigenvalue weighted by atomic mass is 19.1. The zero-order valence-electron chi connectivity index (χ0n) is 14.7. The van der Waals surface area contributed by atoms with Crippen molar-refractivity contribution in [3.8, 4) is 11.3 Å². The summed E-state index contributed by atoms with van der Waals surface area (Å²) >= 11 is 0. The maximum absolute atomic E-state index is 15.0. The summed E-state index contributed by atoms with van der Waals surface area (Å²) in [5.41, 5.74) is -1.74. The van der Waals surface area contributed by atoms with Crippen LogP contribution in [0.4, 0.5) is 8.78 Å². The largest absolute Gasteiger partial charge is 0.386 e. The Morgan fingerprint density at radius 1 is 1.12 bits per heavy atom. The van der Waals surface area contributed by atoms with Gasteiger partial charge in [0.05, 0.1) is 11.3 Å². The molecular formula is C20H23F2NO2. The molecule has 0 saturated heterocycles. The number of benzene rings is 1. The summed E-state index contributed by atoms with van der Waals surface area (Å²) < 4.78 is 28.3.